The third-order valence-electron chi connectivity index (χ3n) is 16.8. The van der Waals surface area contributed by atoms with Gasteiger partial charge in [-0.1, -0.05) is 137 Å². The molecule has 0 heterocycles. The number of benzene rings is 6. The summed E-state index contributed by atoms with van der Waals surface area (Å²) in [5, 5.41) is 0. The zero-order valence-electron chi connectivity index (χ0n) is 43.5. The summed E-state index contributed by atoms with van der Waals surface area (Å²) in [6.45, 7) is 10.0. The Morgan fingerprint density at radius 2 is 0.708 bits per heavy atom. The molecule has 14 rings (SSSR count). The van der Waals surface area contributed by atoms with E-state index in [1.165, 1.54) is 60.6 Å². The molecule has 72 heavy (non-hydrogen) atoms. The van der Waals surface area contributed by atoms with Crippen molar-refractivity contribution in [3.05, 3.63) is 181 Å². The third-order valence-corrected chi connectivity index (χ3v) is 21.3. The number of carbonyl (C=O) groups is 1. The van der Waals surface area contributed by atoms with Gasteiger partial charge in [0.1, 0.15) is 0 Å². The monoisotopic (exact) mass is 1000 g/mol. The first kappa shape index (κ1) is 52.2. The van der Waals surface area contributed by atoms with Gasteiger partial charge < -0.3 is 4.74 Å². The standard InChI is InChI=1S/C22H23S.C18H15S.C14H20F2O2.C12H20/c1-22(2,3)18-14-16-21(17-15-18)23(19-10-6-4-7-11-19)20-12-8-5-9-13-20;1-4-10-16(11-5-1)19(17-12-6-2-7-13-17)18-14-8-3-9-15-18;1-13(15,16)12(17)18-8-14-5-9-2-10(6-14)4-11(3-9)7-14;1-2-12-6-9-3-10(7-12)5-11(4-9)8-12/h4-17H,1-3H3;1-15H;9-11H,2-8H2,1H3;9-11H,2-8H2,1H3/q2*+1;;. The molecule has 8 aliphatic carbocycles. The van der Waals surface area contributed by atoms with Crippen molar-refractivity contribution < 1.29 is 18.3 Å². The molecule has 6 heteroatoms. The van der Waals surface area contributed by atoms with E-state index < -0.39 is 11.9 Å². The molecule has 0 saturated heterocycles. The number of hydrogen-bond donors (Lipinski definition) is 0. The predicted molar refractivity (Wildman–Crippen MR) is 295 cm³/mol. The lowest BCUT2D eigenvalue weighted by Crippen LogP contribution is -2.49. The highest BCUT2D eigenvalue weighted by Gasteiger charge is 2.52. The summed E-state index contributed by atoms with van der Waals surface area (Å²) in [5.41, 5.74) is 2.44. The summed E-state index contributed by atoms with van der Waals surface area (Å²) in [5.74, 6) is 0.968. The number of ether oxygens (including phenoxy) is 1. The first-order valence-electron chi connectivity index (χ1n) is 27.1. The van der Waals surface area contributed by atoms with Crippen molar-refractivity contribution in [2.75, 3.05) is 6.61 Å². The van der Waals surface area contributed by atoms with E-state index in [1.807, 2.05) is 0 Å². The second-order valence-corrected chi connectivity index (χ2v) is 27.7. The molecule has 0 aromatic heterocycles. The number of alkyl halides is 2. The van der Waals surface area contributed by atoms with Crippen molar-refractivity contribution >= 4 is 27.8 Å². The molecule has 0 radical (unpaired) electrons. The number of hydrogen-bond acceptors (Lipinski definition) is 2. The Balaban J connectivity index is 0.000000121. The smallest absolute Gasteiger partial charge is 0.376 e. The maximum Gasteiger partial charge on any atom is 0.376 e. The maximum absolute atomic E-state index is 12.8. The van der Waals surface area contributed by atoms with Crippen LogP contribution in [-0.2, 0) is 36.7 Å². The average Bonchev–Trinajstić information content (AvgIpc) is 3.37. The number of esters is 1. The lowest BCUT2D eigenvalue weighted by Gasteiger charge is -2.56. The van der Waals surface area contributed by atoms with Crippen LogP contribution in [0.3, 0.4) is 0 Å². The Morgan fingerprint density at radius 3 is 0.958 bits per heavy atom. The summed E-state index contributed by atoms with van der Waals surface area (Å²) in [4.78, 5) is 19.4. The second-order valence-electron chi connectivity index (χ2n) is 23.6. The molecule has 0 unspecified atom stereocenters. The van der Waals surface area contributed by atoms with Gasteiger partial charge in [0.05, 0.1) is 28.4 Å². The zero-order valence-corrected chi connectivity index (χ0v) is 45.1. The molecular formula is C66H78F2O2S2+2. The Morgan fingerprint density at radius 1 is 0.444 bits per heavy atom. The summed E-state index contributed by atoms with van der Waals surface area (Å²) in [6.07, 6.45) is 18.2. The minimum atomic E-state index is -3.36. The van der Waals surface area contributed by atoms with Gasteiger partial charge in [-0.3, -0.25) is 0 Å². The lowest BCUT2D eigenvalue weighted by molar-refractivity contribution is -0.179. The summed E-state index contributed by atoms with van der Waals surface area (Å²) in [7, 11) is -0.0643. The third kappa shape index (κ3) is 13.0. The van der Waals surface area contributed by atoms with E-state index in [-0.39, 0.29) is 39.2 Å². The van der Waals surface area contributed by atoms with E-state index in [0.717, 1.165) is 60.2 Å². The first-order valence-corrected chi connectivity index (χ1v) is 29.5. The van der Waals surface area contributed by atoms with Crippen LogP contribution in [0.1, 0.15) is 124 Å². The fourth-order valence-corrected chi connectivity index (χ4v) is 18.4. The van der Waals surface area contributed by atoms with E-state index >= 15 is 0 Å². The van der Waals surface area contributed by atoms with E-state index in [9.17, 15) is 13.6 Å². The fraction of sp³-hybridized carbons (Fsp3) is 0.439. The summed E-state index contributed by atoms with van der Waals surface area (Å²) in [6, 6.07) is 62.9. The highest BCUT2D eigenvalue weighted by molar-refractivity contribution is 7.97. The number of halogens is 2. The molecule has 0 N–H and O–H groups in total. The molecule has 8 aliphatic rings. The van der Waals surface area contributed by atoms with Crippen molar-refractivity contribution in [2.24, 2.45) is 46.3 Å². The van der Waals surface area contributed by atoms with Crippen LogP contribution < -0.4 is 0 Å². The van der Waals surface area contributed by atoms with Crippen molar-refractivity contribution in [3.8, 4) is 0 Å². The molecule has 378 valence electrons. The van der Waals surface area contributed by atoms with Crippen molar-refractivity contribution in [1.82, 2.24) is 0 Å². The molecule has 2 nitrogen and oxygen atoms in total. The van der Waals surface area contributed by atoms with Crippen LogP contribution in [0.2, 0.25) is 0 Å². The molecule has 6 aromatic carbocycles. The Labute approximate surface area is 436 Å². The molecule has 0 atom stereocenters. The topological polar surface area (TPSA) is 26.3 Å². The zero-order chi connectivity index (χ0) is 50.4. The van der Waals surface area contributed by atoms with Crippen molar-refractivity contribution in [3.63, 3.8) is 0 Å². The molecule has 8 saturated carbocycles. The van der Waals surface area contributed by atoms with Crippen LogP contribution in [0.25, 0.3) is 0 Å². The normalized spacial score (nSPS) is 26.4. The highest BCUT2D eigenvalue weighted by Crippen LogP contribution is 2.62. The predicted octanol–water partition coefficient (Wildman–Crippen LogP) is 17.9. The SMILES string of the molecule is CC(C)(C)c1ccc([S+](c2ccccc2)c2ccccc2)cc1.CC(F)(F)C(=O)OCC12CC3CC(CC(C3)C1)C2.CCC12CC3CC(CC(C3)C1)C2.c1ccc([S+](c2ccccc2)c2ccccc2)cc1. The molecule has 8 bridgehead atoms. The summed E-state index contributed by atoms with van der Waals surface area (Å²) >= 11 is 0. The van der Waals surface area contributed by atoms with Gasteiger partial charge in [0, 0.05) is 12.3 Å². The van der Waals surface area contributed by atoms with Gasteiger partial charge in [0.25, 0.3) is 0 Å². The second kappa shape index (κ2) is 22.9. The maximum atomic E-state index is 12.8. The van der Waals surface area contributed by atoms with Crippen LogP contribution in [0.5, 0.6) is 0 Å². The molecule has 6 aromatic rings. The van der Waals surface area contributed by atoms with Gasteiger partial charge >= 0.3 is 11.9 Å². The van der Waals surface area contributed by atoms with Gasteiger partial charge in [-0.2, -0.15) is 8.78 Å². The van der Waals surface area contributed by atoms with E-state index in [2.05, 4.69) is 204 Å². The Kier molecular flexibility index (Phi) is 16.6. The van der Waals surface area contributed by atoms with Crippen LogP contribution in [0.15, 0.2) is 205 Å². The molecule has 0 amide bonds. The van der Waals surface area contributed by atoms with E-state index in [1.54, 1.807) is 38.5 Å². The van der Waals surface area contributed by atoms with Crippen LogP contribution in [0.4, 0.5) is 8.78 Å². The van der Waals surface area contributed by atoms with Gasteiger partial charge in [-0.25, -0.2) is 4.79 Å². The molecular weight excluding hydrogens is 927 g/mol. The summed E-state index contributed by atoms with van der Waals surface area (Å²) < 4.78 is 30.5. The molecule has 0 aliphatic heterocycles. The van der Waals surface area contributed by atoms with Gasteiger partial charge in [-0.05, 0) is 202 Å². The van der Waals surface area contributed by atoms with Gasteiger partial charge in [-0.15, -0.1) is 0 Å². The number of rotatable bonds is 10. The Bertz CT molecular complexity index is 2410. The van der Waals surface area contributed by atoms with Crippen LogP contribution in [-0.4, -0.2) is 18.5 Å². The highest BCUT2D eigenvalue weighted by atomic mass is 32.2. The lowest BCUT2D eigenvalue weighted by atomic mass is 9.49. The van der Waals surface area contributed by atoms with Gasteiger partial charge in [0.2, 0.25) is 0 Å². The number of carbonyl (C=O) groups excluding carboxylic acids is 1. The van der Waals surface area contributed by atoms with Gasteiger partial charge in [0.15, 0.2) is 29.4 Å². The Hall–Kier alpha value is -4.65. The van der Waals surface area contributed by atoms with Crippen LogP contribution >= 0.6 is 0 Å². The van der Waals surface area contributed by atoms with Crippen molar-refractivity contribution in [1.29, 1.82) is 0 Å². The van der Waals surface area contributed by atoms with Crippen LogP contribution in [0, 0.1) is 46.3 Å². The first-order chi connectivity index (χ1) is 34.7. The average molecular weight is 1010 g/mol. The van der Waals surface area contributed by atoms with E-state index in [4.69, 9.17) is 4.74 Å². The largest absolute Gasteiger partial charge is 0.461 e. The fourth-order valence-electron chi connectivity index (χ4n) is 14.2. The minimum absolute atomic E-state index is 0.0146. The van der Waals surface area contributed by atoms with Crippen molar-refractivity contribution in [2.45, 2.75) is 159 Å². The molecule has 0 spiro atoms. The quantitative estimate of drug-likeness (QED) is 0.101. The van der Waals surface area contributed by atoms with E-state index in [0.29, 0.717) is 6.92 Å². The molecule has 8 fully saturated rings. The minimum Gasteiger partial charge on any atom is -0.461 e.